The van der Waals surface area contributed by atoms with Crippen molar-refractivity contribution in [3.8, 4) is 0 Å². The number of rotatable bonds is 8. The average molecular weight is 389 g/mol. The Morgan fingerprint density at radius 3 is 2.64 bits per heavy atom. The Bertz CT molecular complexity index is 714. The van der Waals surface area contributed by atoms with Crippen LogP contribution in [0.15, 0.2) is 48.5 Å². The molecule has 1 saturated heterocycles. The molecule has 2 N–H and O–H groups in total. The minimum atomic E-state index is -0.475. The van der Waals surface area contributed by atoms with Crippen molar-refractivity contribution in [3.63, 3.8) is 0 Å². The number of nitrogens with zero attached hydrogens (tertiary/aromatic N) is 2. The third-order valence-electron chi connectivity index (χ3n) is 5.03. The van der Waals surface area contributed by atoms with Crippen molar-refractivity contribution in [2.45, 2.75) is 32.6 Å². The molecule has 3 atom stereocenters. The maximum atomic E-state index is 13.1. The smallest absolute Gasteiger partial charge is 0.223 e. The van der Waals surface area contributed by atoms with E-state index in [4.69, 9.17) is 9.47 Å². The second-order valence-corrected chi connectivity index (χ2v) is 7.47. The zero-order valence-corrected chi connectivity index (χ0v) is 17.1. The van der Waals surface area contributed by atoms with Crippen LogP contribution < -0.4 is 0 Å². The number of piperidine rings is 1. The molecule has 0 aliphatic carbocycles. The van der Waals surface area contributed by atoms with Gasteiger partial charge in [0.25, 0.3) is 0 Å². The van der Waals surface area contributed by atoms with Gasteiger partial charge in [-0.1, -0.05) is 20.4 Å². The van der Waals surface area contributed by atoms with Crippen molar-refractivity contribution in [1.82, 2.24) is 14.9 Å². The van der Waals surface area contributed by atoms with Gasteiger partial charge in [0, 0.05) is 49.0 Å². The SMILES string of the molecule is C=C(OC)/C(=C(O)\C=C\OC)C(CC(=O)N1C[C@H](C)C[C@H](C)C1)c1cnc[nH]1. The summed E-state index contributed by atoms with van der Waals surface area (Å²) in [4.78, 5) is 22.2. The molecular weight excluding hydrogens is 358 g/mol. The van der Waals surface area contributed by atoms with Crippen LogP contribution in [0.3, 0.4) is 0 Å². The van der Waals surface area contributed by atoms with Crippen molar-refractivity contribution in [1.29, 1.82) is 0 Å². The third-order valence-corrected chi connectivity index (χ3v) is 5.03. The van der Waals surface area contributed by atoms with E-state index >= 15 is 0 Å². The highest BCUT2D eigenvalue weighted by molar-refractivity contribution is 5.78. The number of carbonyl (C=O) groups is 1. The predicted octanol–water partition coefficient (Wildman–Crippen LogP) is 3.52. The molecule has 0 spiro atoms. The third kappa shape index (κ3) is 5.41. The van der Waals surface area contributed by atoms with Crippen LogP contribution in [-0.4, -0.2) is 53.2 Å². The number of amides is 1. The number of hydrogen-bond donors (Lipinski definition) is 2. The zero-order chi connectivity index (χ0) is 20.7. The average Bonchev–Trinajstić information content (AvgIpc) is 3.19. The first-order valence-electron chi connectivity index (χ1n) is 9.49. The number of methoxy groups -OCH3 is 2. The van der Waals surface area contributed by atoms with E-state index in [1.807, 2.05) is 4.90 Å². The number of likely N-dealkylation sites (tertiary alicyclic amines) is 1. The number of aromatic nitrogens is 2. The molecule has 7 nitrogen and oxygen atoms in total. The number of aromatic amines is 1. The lowest BCUT2D eigenvalue weighted by molar-refractivity contribution is -0.134. The maximum Gasteiger partial charge on any atom is 0.223 e. The summed E-state index contributed by atoms with van der Waals surface area (Å²) in [5, 5.41) is 10.6. The molecule has 1 aromatic heterocycles. The van der Waals surface area contributed by atoms with Gasteiger partial charge in [0.15, 0.2) is 0 Å². The normalized spacial score (nSPS) is 21.9. The maximum absolute atomic E-state index is 13.1. The first kappa shape index (κ1) is 21.6. The predicted molar refractivity (Wildman–Crippen MR) is 107 cm³/mol. The summed E-state index contributed by atoms with van der Waals surface area (Å²) in [6.07, 6.45) is 7.27. The molecule has 1 aliphatic rings. The van der Waals surface area contributed by atoms with E-state index in [1.165, 1.54) is 26.6 Å². The number of nitrogens with one attached hydrogen (secondary N) is 1. The molecule has 2 heterocycles. The van der Waals surface area contributed by atoms with Crippen LogP contribution in [0, 0.1) is 11.8 Å². The summed E-state index contributed by atoms with van der Waals surface area (Å²) in [7, 11) is 2.97. The van der Waals surface area contributed by atoms with E-state index in [0.717, 1.165) is 19.5 Å². The number of aliphatic hydroxyl groups is 1. The van der Waals surface area contributed by atoms with Gasteiger partial charge in [-0.3, -0.25) is 4.79 Å². The standard InChI is InChI=1S/C21H31N3O4/c1-14-8-15(2)12-24(11-14)20(26)9-17(18-10-22-13-23-18)21(16(3)28-5)19(25)6-7-27-4/h6-7,10,13-15,17,25H,3,8-9,11-12H2,1-2,4-5H3,(H,22,23)/b7-6+,21-19-/t14-,15+,17?. The van der Waals surface area contributed by atoms with E-state index in [2.05, 4.69) is 30.4 Å². The summed E-state index contributed by atoms with van der Waals surface area (Å²) >= 11 is 0. The van der Waals surface area contributed by atoms with Gasteiger partial charge in [-0.15, -0.1) is 0 Å². The molecule has 1 aromatic rings. The molecule has 1 unspecified atom stereocenters. The van der Waals surface area contributed by atoms with Crippen molar-refractivity contribution in [3.05, 3.63) is 54.2 Å². The van der Waals surface area contributed by atoms with Gasteiger partial charge in [0.05, 0.1) is 26.8 Å². The molecule has 0 bridgehead atoms. The van der Waals surface area contributed by atoms with Crippen LogP contribution in [-0.2, 0) is 14.3 Å². The molecule has 1 fully saturated rings. The summed E-state index contributed by atoms with van der Waals surface area (Å²) in [6.45, 7) is 9.74. The molecule has 154 valence electrons. The van der Waals surface area contributed by atoms with E-state index < -0.39 is 5.92 Å². The highest BCUT2D eigenvalue weighted by atomic mass is 16.5. The summed E-state index contributed by atoms with van der Waals surface area (Å²) in [5.41, 5.74) is 1.13. The van der Waals surface area contributed by atoms with Gasteiger partial charge in [-0.25, -0.2) is 4.98 Å². The molecule has 0 aromatic carbocycles. The second kappa shape index (κ2) is 10.0. The fourth-order valence-corrected chi connectivity index (χ4v) is 3.84. The largest absolute Gasteiger partial charge is 0.507 e. The van der Waals surface area contributed by atoms with Crippen molar-refractivity contribution in [2.75, 3.05) is 27.3 Å². The van der Waals surface area contributed by atoms with Crippen molar-refractivity contribution in [2.24, 2.45) is 11.8 Å². The lowest BCUT2D eigenvalue weighted by Crippen LogP contribution is -2.43. The molecule has 1 amide bonds. The van der Waals surface area contributed by atoms with Crippen LogP contribution in [0.25, 0.3) is 0 Å². The quantitative estimate of drug-likeness (QED) is 0.525. The highest BCUT2D eigenvalue weighted by Crippen LogP contribution is 2.34. The van der Waals surface area contributed by atoms with Gasteiger partial charge >= 0.3 is 0 Å². The minimum absolute atomic E-state index is 0.0305. The number of H-pyrrole nitrogens is 1. The highest BCUT2D eigenvalue weighted by Gasteiger charge is 2.31. The van der Waals surface area contributed by atoms with E-state index in [0.29, 0.717) is 23.1 Å². The lowest BCUT2D eigenvalue weighted by atomic mass is 9.87. The topological polar surface area (TPSA) is 87.7 Å². The Balaban J connectivity index is 2.37. The first-order valence-corrected chi connectivity index (χ1v) is 9.49. The number of ether oxygens (including phenoxy) is 2. The first-order chi connectivity index (χ1) is 13.4. The van der Waals surface area contributed by atoms with Crippen LogP contribution in [0.5, 0.6) is 0 Å². The molecule has 0 radical (unpaired) electrons. The number of allylic oxidation sites excluding steroid dienone is 2. The van der Waals surface area contributed by atoms with Crippen molar-refractivity contribution >= 4 is 5.91 Å². The summed E-state index contributed by atoms with van der Waals surface area (Å²) < 4.78 is 10.2. The van der Waals surface area contributed by atoms with E-state index in [-0.39, 0.29) is 23.8 Å². The van der Waals surface area contributed by atoms with E-state index in [1.54, 1.807) is 12.5 Å². The molecule has 2 rings (SSSR count). The monoisotopic (exact) mass is 389 g/mol. The lowest BCUT2D eigenvalue weighted by Gasteiger charge is -2.36. The minimum Gasteiger partial charge on any atom is -0.507 e. The number of carbonyl (C=O) groups excluding carboxylic acids is 1. The fraction of sp³-hybridized carbons (Fsp3) is 0.524. The Morgan fingerprint density at radius 2 is 2.11 bits per heavy atom. The van der Waals surface area contributed by atoms with Gasteiger partial charge in [-0.05, 0) is 18.3 Å². The molecular formula is C21H31N3O4. The van der Waals surface area contributed by atoms with Crippen LogP contribution in [0.2, 0.25) is 0 Å². The summed E-state index contributed by atoms with van der Waals surface area (Å²) in [5.74, 6) is 0.715. The Labute approximate surface area is 166 Å². The Hall–Kier alpha value is -2.70. The molecule has 0 saturated carbocycles. The molecule has 7 heteroatoms. The van der Waals surface area contributed by atoms with Crippen LogP contribution >= 0.6 is 0 Å². The zero-order valence-electron chi connectivity index (χ0n) is 17.1. The van der Waals surface area contributed by atoms with Crippen LogP contribution in [0.1, 0.15) is 38.3 Å². The molecule has 1 aliphatic heterocycles. The van der Waals surface area contributed by atoms with Gasteiger partial charge in [-0.2, -0.15) is 0 Å². The Morgan fingerprint density at radius 1 is 1.43 bits per heavy atom. The van der Waals surface area contributed by atoms with E-state index in [9.17, 15) is 9.90 Å². The van der Waals surface area contributed by atoms with Gasteiger partial charge in [0.1, 0.15) is 11.5 Å². The number of imidazole rings is 1. The van der Waals surface area contributed by atoms with Gasteiger partial charge in [0.2, 0.25) is 5.91 Å². The van der Waals surface area contributed by atoms with Crippen molar-refractivity contribution < 1.29 is 19.4 Å². The Kier molecular flexibility index (Phi) is 7.72. The second-order valence-electron chi connectivity index (χ2n) is 7.47. The number of aliphatic hydroxyl groups excluding tert-OH is 1. The number of hydrogen-bond acceptors (Lipinski definition) is 5. The summed E-state index contributed by atoms with van der Waals surface area (Å²) in [6, 6.07) is 0. The van der Waals surface area contributed by atoms with Crippen LogP contribution in [0.4, 0.5) is 0 Å². The van der Waals surface area contributed by atoms with Gasteiger partial charge < -0.3 is 24.5 Å². The fourth-order valence-electron chi connectivity index (χ4n) is 3.84. The molecule has 28 heavy (non-hydrogen) atoms.